The molecule has 2 aromatic carbocycles. The van der Waals surface area contributed by atoms with E-state index in [-0.39, 0.29) is 21.2 Å². The summed E-state index contributed by atoms with van der Waals surface area (Å²) in [6, 6.07) is 10.3. The summed E-state index contributed by atoms with van der Waals surface area (Å²) in [6.07, 6.45) is -1.95. The number of rotatable bonds is 7. The minimum absolute atomic E-state index is 0.0133. The SMILES string of the molecule is O=S(=O)(Nc1ccccc1NCC(F)(F)F)c1ccc(S(=O)(=O)N2CCCCC2)cc1. The Labute approximate surface area is 179 Å². The Kier molecular flexibility index (Phi) is 6.82. The highest BCUT2D eigenvalue weighted by Gasteiger charge is 2.28. The maximum absolute atomic E-state index is 12.7. The van der Waals surface area contributed by atoms with E-state index in [0.717, 1.165) is 31.4 Å². The van der Waals surface area contributed by atoms with Crippen molar-refractivity contribution in [2.45, 2.75) is 35.2 Å². The summed E-state index contributed by atoms with van der Waals surface area (Å²) >= 11 is 0. The zero-order chi connectivity index (χ0) is 22.7. The van der Waals surface area contributed by atoms with Crippen molar-refractivity contribution in [3.05, 3.63) is 48.5 Å². The average Bonchev–Trinajstić information content (AvgIpc) is 2.73. The van der Waals surface area contributed by atoms with Crippen molar-refractivity contribution < 1.29 is 30.0 Å². The van der Waals surface area contributed by atoms with Gasteiger partial charge in [-0.05, 0) is 49.2 Å². The third-order valence-electron chi connectivity index (χ3n) is 4.74. The summed E-state index contributed by atoms with van der Waals surface area (Å²) in [5.74, 6) is 0. The Balaban J connectivity index is 1.79. The monoisotopic (exact) mass is 477 g/mol. The molecule has 0 aliphatic carbocycles. The lowest BCUT2D eigenvalue weighted by Crippen LogP contribution is -2.35. The van der Waals surface area contributed by atoms with E-state index in [0.29, 0.717) is 13.1 Å². The highest BCUT2D eigenvalue weighted by atomic mass is 32.2. The van der Waals surface area contributed by atoms with Gasteiger partial charge < -0.3 is 5.32 Å². The summed E-state index contributed by atoms with van der Waals surface area (Å²) in [5.41, 5.74) is -0.0931. The number of para-hydroxylation sites is 2. The van der Waals surface area contributed by atoms with Gasteiger partial charge in [0.1, 0.15) is 6.54 Å². The average molecular weight is 478 g/mol. The quantitative estimate of drug-likeness (QED) is 0.635. The topological polar surface area (TPSA) is 95.6 Å². The number of nitrogens with zero attached hydrogens (tertiary/aromatic N) is 1. The van der Waals surface area contributed by atoms with Gasteiger partial charge in [-0.25, -0.2) is 16.8 Å². The minimum Gasteiger partial charge on any atom is -0.375 e. The van der Waals surface area contributed by atoms with Crippen molar-refractivity contribution in [2.24, 2.45) is 0 Å². The third kappa shape index (κ3) is 5.89. The summed E-state index contributed by atoms with van der Waals surface area (Å²) in [7, 11) is -7.87. The number of nitrogens with one attached hydrogen (secondary N) is 2. The smallest absolute Gasteiger partial charge is 0.375 e. The molecule has 31 heavy (non-hydrogen) atoms. The third-order valence-corrected chi connectivity index (χ3v) is 8.03. The van der Waals surface area contributed by atoms with Gasteiger partial charge in [0, 0.05) is 13.1 Å². The van der Waals surface area contributed by atoms with Crippen molar-refractivity contribution in [1.82, 2.24) is 4.31 Å². The lowest BCUT2D eigenvalue weighted by molar-refractivity contribution is -0.115. The van der Waals surface area contributed by atoms with E-state index < -0.39 is 32.8 Å². The molecule has 0 atom stereocenters. The summed E-state index contributed by atoms with van der Waals surface area (Å²) in [4.78, 5) is -0.226. The van der Waals surface area contributed by atoms with Gasteiger partial charge in [-0.15, -0.1) is 0 Å². The number of sulfonamides is 2. The van der Waals surface area contributed by atoms with Crippen molar-refractivity contribution in [3.63, 3.8) is 0 Å². The molecule has 0 amide bonds. The van der Waals surface area contributed by atoms with Gasteiger partial charge in [0.25, 0.3) is 10.0 Å². The van der Waals surface area contributed by atoms with Crippen LogP contribution in [0.5, 0.6) is 0 Å². The first-order valence-corrected chi connectivity index (χ1v) is 12.4. The van der Waals surface area contributed by atoms with Gasteiger partial charge in [0.2, 0.25) is 10.0 Å². The molecular formula is C19H22F3N3O4S2. The Morgan fingerprint density at radius 2 is 1.35 bits per heavy atom. The van der Waals surface area contributed by atoms with E-state index in [9.17, 15) is 30.0 Å². The number of benzene rings is 2. The summed E-state index contributed by atoms with van der Waals surface area (Å²) in [6.45, 7) is -0.480. The highest BCUT2D eigenvalue weighted by molar-refractivity contribution is 7.92. The maximum Gasteiger partial charge on any atom is 0.405 e. The minimum atomic E-state index is -4.47. The fourth-order valence-electron chi connectivity index (χ4n) is 3.17. The molecule has 1 aliphatic rings. The normalized spacial score (nSPS) is 16.1. The van der Waals surface area contributed by atoms with E-state index in [1.165, 1.54) is 40.7 Å². The van der Waals surface area contributed by atoms with Crippen molar-refractivity contribution in [3.8, 4) is 0 Å². The Morgan fingerprint density at radius 1 is 0.806 bits per heavy atom. The first kappa shape index (κ1) is 23.4. The molecule has 0 saturated carbocycles. The van der Waals surface area contributed by atoms with Crippen LogP contribution in [-0.2, 0) is 20.0 Å². The van der Waals surface area contributed by atoms with Gasteiger partial charge in [0.15, 0.2) is 0 Å². The largest absolute Gasteiger partial charge is 0.405 e. The second-order valence-corrected chi connectivity index (χ2v) is 10.7. The van der Waals surface area contributed by atoms with Crippen LogP contribution in [0.15, 0.2) is 58.3 Å². The van der Waals surface area contributed by atoms with Crippen molar-refractivity contribution in [1.29, 1.82) is 0 Å². The van der Waals surface area contributed by atoms with Crippen LogP contribution in [0.25, 0.3) is 0 Å². The van der Waals surface area contributed by atoms with Gasteiger partial charge in [-0.1, -0.05) is 18.6 Å². The molecule has 1 fully saturated rings. The second-order valence-electron chi connectivity index (χ2n) is 7.06. The van der Waals surface area contributed by atoms with Crippen LogP contribution in [0, 0.1) is 0 Å². The Hall–Kier alpha value is -2.31. The van der Waals surface area contributed by atoms with E-state index in [1.54, 1.807) is 0 Å². The molecule has 3 rings (SSSR count). The highest BCUT2D eigenvalue weighted by Crippen LogP contribution is 2.27. The molecule has 2 aromatic rings. The molecule has 1 heterocycles. The molecule has 0 aromatic heterocycles. The molecular weight excluding hydrogens is 455 g/mol. The van der Waals surface area contributed by atoms with E-state index >= 15 is 0 Å². The molecule has 0 radical (unpaired) electrons. The molecule has 0 bridgehead atoms. The standard InChI is InChI=1S/C19H22F3N3O4S2/c20-19(21,22)14-23-17-6-2-3-7-18(17)24-30(26,27)15-8-10-16(11-9-15)31(28,29)25-12-4-1-5-13-25/h2-3,6-11,23-24H,1,4-5,12-14H2. The zero-order valence-electron chi connectivity index (χ0n) is 16.4. The number of hydrogen-bond donors (Lipinski definition) is 2. The predicted octanol–water partition coefficient (Wildman–Crippen LogP) is 3.64. The lowest BCUT2D eigenvalue weighted by atomic mass is 10.2. The number of anilines is 2. The Bertz CT molecular complexity index is 1110. The van der Waals surface area contributed by atoms with Crippen LogP contribution >= 0.6 is 0 Å². The number of alkyl halides is 3. The van der Waals surface area contributed by atoms with Crippen LogP contribution in [0.3, 0.4) is 0 Å². The first-order valence-electron chi connectivity index (χ1n) is 9.52. The molecule has 1 aliphatic heterocycles. The Morgan fingerprint density at radius 3 is 1.94 bits per heavy atom. The molecule has 1 saturated heterocycles. The van der Waals surface area contributed by atoms with E-state index in [2.05, 4.69) is 10.0 Å². The van der Waals surface area contributed by atoms with E-state index in [4.69, 9.17) is 0 Å². The summed E-state index contributed by atoms with van der Waals surface area (Å²) in [5, 5.41) is 2.16. The molecule has 0 unspecified atom stereocenters. The molecule has 7 nitrogen and oxygen atoms in total. The molecule has 0 spiro atoms. The predicted molar refractivity (Wildman–Crippen MR) is 111 cm³/mol. The van der Waals surface area contributed by atoms with Crippen LogP contribution in [0.1, 0.15) is 19.3 Å². The van der Waals surface area contributed by atoms with Gasteiger partial charge in [0.05, 0.1) is 21.2 Å². The van der Waals surface area contributed by atoms with Crippen LogP contribution in [0.2, 0.25) is 0 Å². The maximum atomic E-state index is 12.7. The van der Waals surface area contributed by atoms with Crippen LogP contribution in [-0.4, -0.2) is 47.0 Å². The summed E-state index contributed by atoms with van der Waals surface area (Å²) < 4.78 is 91.9. The molecule has 2 N–H and O–H groups in total. The zero-order valence-corrected chi connectivity index (χ0v) is 18.0. The van der Waals surface area contributed by atoms with Crippen LogP contribution in [0.4, 0.5) is 24.5 Å². The fraction of sp³-hybridized carbons (Fsp3) is 0.368. The number of halogens is 3. The number of piperidine rings is 1. The molecule has 170 valence electrons. The number of hydrogen-bond acceptors (Lipinski definition) is 5. The molecule has 12 heteroatoms. The lowest BCUT2D eigenvalue weighted by Gasteiger charge is -2.25. The van der Waals surface area contributed by atoms with Gasteiger partial charge in [-0.3, -0.25) is 4.72 Å². The van der Waals surface area contributed by atoms with E-state index in [1.807, 2.05) is 0 Å². The van der Waals surface area contributed by atoms with Gasteiger partial charge in [-0.2, -0.15) is 17.5 Å². The van der Waals surface area contributed by atoms with Gasteiger partial charge >= 0.3 is 6.18 Å². The van der Waals surface area contributed by atoms with Crippen LogP contribution < -0.4 is 10.0 Å². The van der Waals surface area contributed by atoms with Crippen molar-refractivity contribution in [2.75, 3.05) is 29.7 Å². The first-order chi connectivity index (χ1) is 14.5. The second kappa shape index (κ2) is 9.05. The van der Waals surface area contributed by atoms with Crippen molar-refractivity contribution >= 4 is 31.4 Å². The fourth-order valence-corrected chi connectivity index (χ4v) is 5.77.